The number of benzene rings is 3. The quantitative estimate of drug-likeness (QED) is 0.542. The highest BCUT2D eigenvalue weighted by atomic mass is 16.3. The number of nitrogens with two attached hydrogens (primary N) is 1. The smallest absolute Gasteiger partial charge is 0.135 e. The topological polar surface area (TPSA) is 59.4 Å². The zero-order valence-corrected chi connectivity index (χ0v) is 11.9. The minimum absolute atomic E-state index is 0.640. The number of nitrogen functional groups attached to an aromatic ring is 1. The highest BCUT2D eigenvalue weighted by Crippen LogP contribution is 2.32. The van der Waals surface area contributed by atoms with E-state index in [9.17, 15) is 5.11 Å². The summed E-state index contributed by atoms with van der Waals surface area (Å²) in [4.78, 5) is 0. The Kier molecular flexibility index (Phi) is 2.88. The van der Waals surface area contributed by atoms with Gasteiger partial charge < -0.3 is 15.3 Å². The van der Waals surface area contributed by atoms with Gasteiger partial charge in [-0.2, -0.15) is 0 Å². The molecule has 4 rings (SSSR count). The number of aliphatic hydroxyl groups is 1. The van der Waals surface area contributed by atoms with Crippen LogP contribution in [0.5, 0.6) is 0 Å². The molecule has 0 aliphatic rings. The molecule has 1 heterocycles. The standard InChI is InChI=1S/C19H15NO2/c20-14-5-3-4-12(10-14)19(21)13-8-9-16-15-6-1-2-7-17(15)22-18(16)11-13/h1-11,19,21H,20H2. The predicted octanol–water partition coefficient (Wildman–Crippen LogP) is 4.25. The Hall–Kier alpha value is -2.78. The van der Waals surface area contributed by atoms with Gasteiger partial charge in [0.15, 0.2) is 0 Å². The molecule has 0 bridgehead atoms. The molecule has 3 heteroatoms. The third-order valence-corrected chi connectivity index (χ3v) is 3.94. The number of rotatable bonds is 2. The number of anilines is 1. The summed E-state index contributed by atoms with van der Waals surface area (Å²) in [6, 6.07) is 21.0. The summed E-state index contributed by atoms with van der Waals surface area (Å²) >= 11 is 0. The zero-order valence-electron chi connectivity index (χ0n) is 11.9. The molecule has 0 aliphatic carbocycles. The Labute approximate surface area is 127 Å². The summed E-state index contributed by atoms with van der Waals surface area (Å²) in [5.74, 6) is 0. The Morgan fingerprint density at radius 3 is 2.41 bits per heavy atom. The lowest BCUT2D eigenvalue weighted by molar-refractivity contribution is 0.220. The van der Waals surface area contributed by atoms with Crippen LogP contribution >= 0.6 is 0 Å². The molecule has 0 radical (unpaired) electrons. The number of hydrogen-bond acceptors (Lipinski definition) is 3. The summed E-state index contributed by atoms with van der Waals surface area (Å²) in [6.45, 7) is 0. The number of aliphatic hydroxyl groups excluding tert-OH is 1. The summed E-state index contributed by atoms with van der Waals surface area (Å²) in [7, 11) is 0. The summed E-state index contributed by atoms with van der Waals surface area (Å²) in [6.07, 6.45) is -0.721. The fraction of sp³-hybridized carbons (Fsp3) is 0.0526. The lowest BCUT2D eigenvalue weighted by Crippen LogP contribution is -2.00. The van der Waals surface area contributed by atoms with Crippen LogP contribution in [0.2, 0.25) is 0 Å². The first kappa shape index (κ1) is 12.9. The summed E-state index contributed by atoms with van der Waals surface area (Å²) in [5, 5.41) is 12.7. The SMILES string of the molecule is Nc1cccc(C(O)c2ccc3c(c2)oc2ccccc23)c1. The lowest BCUT2D eigenvalue weighted by atomic mass is 10.00. The van der Waals surface area contributed by atoms with Crippen molar-refractivity contribution in [2.45, 2.75) is 6.10 Å². The van der Waals surface area contributed by atoms with Crippen molar-refractivity contribution in [1.82, 2.24) is 0 Å². The van der Waals surface area contributed by atoms with Gasteiger partial charge in [-0.05, 0) is 35.4 Å². The van der Waals surface area contributed by atoms with Gasteiger partial charge in [0.2, 0.25) is 0 Å². The second kappa shape index (κ2) is 4.90. The normalized spacial score (nSPS) is 12.8. The van der Waals surface area contributed by atoms with Crippen LogP contribution in [0, 0.1) is 0 Å². The van der Waals surface area contributed by atoms with Gasteiger partial charge >= 0.3 is 0 Å². The Bertz CT molecular complexity index is 971. The molecule has 3 aromatic carbocycles. The zero-order chi connectivity index (χ0) is 15.1. The third-order valence-electron chi connectivity index (χ3n) is 3.94. The van der Waals surface area contributed by atoms with Crippen molar-refractivity contribution >= 4 is 27.6 Å². The van der Waals surface area contributed by atoms with E-state index >= 15 is 0 Å². The van der Waals surface area contributed by atoms with Crippen LogP contribution in [-0.4, -0.2) is 5.11 Å². The fourth-order valence-electron chi connectivity index (χ4n) is 2.83. The third kappa shape index (κ3) is 2.03. The molecule has 1 unspecified atom stereocenters. The number of fused-ring (bicyclic) bond motifs is 3. The van der Waals surface area contributed by atoms with Crippen molar-refractivity contribution in [3.8, 4) is 0 Å². The minimum atomic E-state index is -0.721. The first-order chi connectivity index (χ1) is 10.7. The minimum Gasteiger partial charge on any atom is -0.456 e. The van der Waals surface area contributed by atoms with E-state index in [1.54, 1.807) is 12.1 Å². The maximum Gasteiger partial charge on any atom is 0.135 e. The Balaban J connectivity index is 1.84. The summed E-state index contributed by atoms with van der Waals surface area (Å²) < 4.78 is 5.87. The van der Waals surface area contributed by atoms with E-state index in [0.29, 0.717) is 5.69 Å². The summed E-state index contributed by atoms with van der Waals surface area (Å²) in [5.41, 5.74) is 9.62. The number of furan rings is 1. The largest absolute Gasteiger partial charge is 0.456 e. The van der Waals surface area contributed by atoms with Crippen molar-refractivity contribution in [1.29, 1.82) is 0 Å². The van der Waals surface area contributed by atoms with Gasteiger partial charge in [0.25, 0.3) is 0 Å². The molecule has 3 nitrogen and oxygen atoms in total. The molecule has 108 valence electrons. The molecular formula is C19H15NO2. The van der Waals surface area contributed by atoms with Crippen molar-refractivity contribution in [2.24, 2.45) is 0 Å². The predicted molar refractivity (Wildman–Crippen MR) is 88.6 cm³/mol. The molecule has 0 saturated carbocycles. The molecule has 4 aromatic rings. The van der Waals surface area contributed by atoms with E-state index in [2.05, 4.69) is 0 Å². The van der Waals surface area contributed by atoms with Crippen molar-refractivity contribution in [2.75, 3.05) is 5.73 Å². The van der Waals surface area contributed by atoms with Crippen molar-refractivity contribution in [3.63, 3.8) is 0 Å². The van der Waals surface area contributed by atoms with E-state index in [0.717, 1.165) is 33.1 Å². The molecule has 1 aromatic heterocycles. The fourth-order valence-corrected chi connectivity index (χ4v) is 2.83. The monoisotopic (exact) mass is 289 g/mol. The Morgan fingerprint density at radius 1 is 0.773 bits per heavy atom. The van der Waals surface area contributed by atoms with Gasteiger partial charge in [0.1, 0.15) is 17.3 Å². The molecule has 0 saturated heterocycles. The molecule has 1 atom stereocenters. The average Bonchev–Trinajstić information content (AvgIpc) is 2.91. The molecule has 3 N–H and O–H groups in total. The lowest BCUT2D eigenvalue weighted by Gasteiger charge is -2.12. The van der Waals surface area contributed by atoms with E-state index < -0.39 is 6.10 Å². The second-order valence-electron chi connectivity index (χ2n) is 5.43. The van der Waals surface area contributed by atoms with Gasteiger partial charge in [0, 0.05) is 16.5 Å². The first-order valence-corrected chi connectivity index (χ1v) is 7.17. The average molecular weight is 289 g/mol. The molecular weight excluding hydrogens is 274 g/mol. The van der Waals surface area contributed by atoms with Crippen LogP contribution in [0.25, 0.3) is 21.9 Å². The second-order valence-corrected chi connectivity index (χ2v) is 5.43. The molecule has 0 amide bonds. The van der Waals surface area contributed by atoms with Crippen molar-refractivity contribution in [3.05, 3.63) is 77.9 Å². The van der Waals surface area contributed by atoms with E-state index in [1.807, 2.05) is 54.6 Å². The molecule has 0 aliphatic heterocycles. The first-order valence-electron chi connectivity index (χ1n) is 7.17. The van der Waals surface area contributed by atoms with Gasteiger partial charge in [-0.3, -0.25) is 0 Å². The molecule has 0 spiro atoms. The van der Waals surface area contributed by atoms with E-state index in [1.165, 1.54) is 0 Å². The van der Waals surface area contributed by atoms with Gasteiger partial charge in [-0.25, -0.2) is 0 Å². The number of para-hydroxylation sites is 1. The van der Waals surface area contributed by atoms with Crippen LogP contribution < -0.4 is 5.73 Å². The van der Waals surface area contributed by atoms with Crippen LogP contribution in [0.3, 0.4) is 0 Å². The van der Waals surface area contributed by atoms with Gasteiger partial charge in [-0.1, -0.05) is 42.5 Å². The highest BCUT2D eigenvalue weighted by molar-refractivity contribution is 6.04. The van der Waals surface area contributed by atoms with E-state index in [4.69, 9.17) is 10.2 Å². The van der Waals surface area contributed by atoms with Crippen LogP contribution in [0.1, 0.15) is 17.2 Å². The molecule has 0 fully saturated rings. The van der Waals surface area contributed by atoms with Crippen LogP contribution in [0.15, 0.2) is 71.1 Å². The van der Waals surface area contributed by atoms with Gasteiger partial charge in [-0.15, -0.1) is 0 Å². The van der Waals surface area contributed by atoms with Crippen LogP contribution in [-0.2, 0) is 0 Å². The molecule has 22 heavy (non-hydrogen) atoms. The number of hydrogen-bond donors (Lipinski definition) is 2. The van der Waals surface area contributed by atoms with Crippen molar-refractivity contribution < 1.29 is 9.52 Å². The Morgan fingerprint density at radius 2 is 1.55 bits per heavy atom. The van der Waals surface area contributed by atoms with E-state index in [-0.39, 0.29) is 0 Å². The highest BCUT2D eigenvalue weighted by Gasteiger charge is 2.13. The maximum atomic E-state index is 10.6. The van der Waals surface area contributed by atoms with Crippen LogP contribution in [0.4, 0.5) is 5.69 Å². The van der Waals surface area contributed by atoms with Gasteiger partial charge in [0.05, 0.1) is 0 Å². The maximum absolute atomic E-state index is 10.6.